The van der Waals surface area contributed by atoms with Crippen molar-refractivity contribution in [2.45, 2.75) is 19.8 Å². The largest absolute Gasteiger partial charge is 0.489 e. The van der Waals surface area contributed by atoms with Gasteiger partial charge in [0.05, 0.1) is 6.61 Å². The van der Waals surface area contributed by atoms with Crippen molar-refractivity contribution in [2.75, 3.05) is 0 Å². The van der Waals surface area contributed by atoms with Gasteiger partial charge in [-0.1, -0.05) is 103 Å². The van der Waals surface area contributed by atoms with Gasteiger partial charge in [-0.15, -0.1) is 0 Å². The van der Waals surface area contributed by atoms with E-state index < -0.39 is 8.32 Å². The van der Waals surface area contributed by atoms with Crippen LogP contribution in [0.1, 0.15) is 11.1 Å². The Morgan fingerprint density at radius 1 is 0.567 bits per heavy atom. The zero-order valence-corrected chi connectivity index (χ0v) is 18.2. The lowest BCUT2D eigenvalue weighted by atomic mass is 10.2. The van der Waals surface area contributed by atoms with Gasteiger partial charge in [-0.05, 0) is 40.2 Å². The molecule has 0 amide bonds. The van der Waals surface area contributed by atoms with E-state index in [1.807, 2.05) is 30.3 Å². The first-order chi connectivity index (χ1) is 14.7. The lowest BCUT2D eigenvalue weighted by Crippen LogP contribution is -2.58. The molecule has 4 rings (SSSR count). The Balaban J connectivity index is 1.50. The van der Waals surface area contributed by atoms with Gasteiger partial charge in [0.15, 0.2) is 0 Å². The Bertz CT molecular complexity index is 1010. The molecule has 0 aliphatic heterocycles. The van der Waals surface area contributed by atoms with Crippen molar-refractivity contribution in [3.8, 4) is 5.75 Å². The fourth-order valence-electron chi connectivity index (χ4n) is 3.54. The molecule has 0 atom stereocenters. The predicted octanol–water partition coefficient (Wildman–Crippen LogP) is 5.17. The van der Waals surface area contributed by atoms with Crippen molar-refractivity contribution in [1.29, 1.82) is 0 Å². The van der Waals surface area contributed by atoms with Gasteiger partial charge in [0, 0.05) is 0 Å². The molecule has 0 unspecified atom stereocenters. The smallest absolute Gasteiger partial charge is 0.253 e. The third-order valence-corrected chi connectivity index (χ3v) is 8.92. The van der Waals surface area contributed by atoms with Crippen LogP contribution in [-0.2, 0) is 17.6 Å². The minimum absolute atomic E-state index is 0.551. The van der Waals surface area contributed by atoms with Crippen LogP contribution in [0.2, 0.25) is 6.55 Å². The van der Waals surface area contributed by atoms with Gasteiger partial charge in [-0.2, -0.15) is 0 Å². The summed E-state index contributed by atoms with van der Waals surface area (Å²) in [5.74, 6) is 0.864. The summed E-state index contributed by atoms with van der Waals surface area (Å²) >= 11 is 0. The molecule has 4 aromatic rings. The Labute approximate surface area is 179 Å². The average molecular weight is 411 g/mol. The highest BCUT2D eigenvalue weighted by molar-refractivity contribution is 6.96. The van der Waals surface area contributed by atoms with Crippen LogP contribution in [0.5, 0.6) is 5.75 Å². The topological polar surface area (TPSA) is 18.5 Å². The Morgan fingerprint density at radius 2 is 1.10 bits per heavy atom. The summed E-state index contributed by atoms with van der Waals surface area (Å²) in [5, 5.41) is 2.54. The molecule has 150 valence electrons. The van der Waals surface area contributed by atoms with E-state index in [0.717, 1.165) is 16.9 Å². The standard InChI is InChI=1S/C27H26O2Si/c1-30(26-16-7-3-8-17-26,27-18-9-4-10-19-27)29-22-24-14-11-15-25(20-24)28-21-23-12-5-2-6-13-23/h2-20H,21-22H2,1H3. The fraction of sp³-hybridized carbons (Fsp3) is 0.111. The van der Waals surface area contributed by atoms with Crippen LogP contribution >= 0.6 is 0 Å². The number of ether oxygens (including phenoxy) is 1. The SMILES string of the molecule is C[Si](OCc1cccc(OCc2ccccc2)c1)(c1ccccc1)c1ccccc1. The van der Waals surface area contributed by atoms with Gasteiger partial charge in [0.2, 0.25) is 0 Å². The molecule has 0 N–H and O–H groups in total. The van der Waals surface area contributed by atoms with Gasteiger partial charge in [-0.25, -0.2) is 0 Å². The Hall–Kier alpha value is -3.14. The molecule has 0 aromatic heterocycles. The zero-order valence-electron chi connectivity index (χ0n) is 17.2. The minimum atomic E-state index is -2.31. The summed E-state index contributed by atoms with van der Waals surface area (Å²) in [4.78, 5) is 0. The molecule has 0 spiro atoms. The van der Waals surface area contributed by atoms with Gasteiger partial charge < -0.3 is 9.16 Å². The highest BCUT2D eigenvalue weighted by Gasteiger charge is 2.33. The second-order valence-electron chi connectivity index (χ2n) is 7.48. The van der Waals surface area contributed by atoms with Crippen molar-refractivity contribution >= 4 is 18.7 Å². The average Bonchev–Trinajstić information content (AvgIpc) is 2.83. The monoisotopic (exact) mass is 410 g/mol. The van der Waals surface area contributed by atoms with Gasteiger partial charge in [-0.3, -0.25) is 0 Å². The number of hydrogen-bond acceptors (Lipinski definition) is 2. The van der Waals surface area contributed by atoms with Gasteiger partial charge >= 0.3 is 0 Å². The molecular weight excluding hydrogens is 384 g/mol. The molecule has 0 aliphatic carbocycles. The van der Waals surface area contributed by atoms with Crippen LogP contribution in [0.4, 0.5) is 0 Å². The Kier molecular flexibility index (Phi) is 6.43. The van der Waals surface area contributed by atoms with Crippen molar-refractivity contribution in [2.24, 2.45) is 0 Å². The lowest BCUT2D eigenvalue weighted by Gasteiger charge is -2.28. The van der Waals surface area contributed by atoms with E-state index >= 15 is 0 Å². The summed E-state index contributed by atoms with van der Waals surface area (Å²) in [6.45, 7) is 3.38. The summed E-state index contributed by atoms with van der Waals surface area (Å²) in [6, 6.07) is 39.6. The van der Waals surface area contributed by atoms with Crippen molar-refractivity contribution in [1.82, 2.24) is 0 Å². The van der Waals surface area contributed by atoms with E-state index in [1.54, 1.807) is 0 Å². The first-order valence-corrected chi connectivity index (χ1v) is 12.7. The van der Waals surface area contributed by atoms with Crippen LogP contribution in [0.25, 0.3) is 0 Å². The molecule has 0 saturated carbocycles. The van der Waals surface area contributed by atoms with Crippen LogP contribution in [-0.4, -0.2) is 8.32 Å². The maximum Gasteiger partial charge on any atom is 0.253 e. The molecule has 0 fully saturated rings. The summed E-state index contributed by atoms with van der Waals surface area (Å²) in [5.41, 5.74) is 2.28. The first kappa shape index (κ1) is 20.1. The van der Waals surface area contributed by atoms with E-state index in [4.69, 9.17) is 9.16 Å². The highest BCUT2D eigenvalue weighted by Crippen LogP contribution is 2.18. The maximum atomic E-state index is 6.69. The van der Waals surface area contributed by atoms with Crippen LogP contribution in [0, 0.1) is 0 Å². The maximum absolute atomic E-state index is 6.69. The quantitative estimate of drug-likeness (QED) is 0.373. The van der Waals surface area contributed by atoms with Gasteiger partial charge in [0.25, 0.3) is 8.32 Å². The highest BCUT2D eigenvalue weighted by atomic mass is 28.4. The van der Waals surface area contributed by atoms with E-state index in [0.29, 0.717) is 13.2 Å². The molecule has 4 aromatic carbocycles. The summed E-state index contributed by atoms with van der Waals surface area (Å²) in [7, 11) is -2.31. The Morgan fingerprint density at radius 3 is 1.70 bits per heavy atom. The van der Waals surface area contributed by atoms with Gasteiger partial charge in [0.1, 0.15) is 12.4 Å². The number of rotatable bonds is 8. The third-order valence-electron chi connectivity index (χ3n) is 5.32. The molecule has 0 radical (unpaired) electrons. The van der Waals surface area contributed by atoms with Crippen LogP contribution in [0.15, 0.2) is 115 Å². The third kappa shape index (κ3) is 4.88. The van der Waals surface area contributed by atoms with E-state index in [9.17, 15) is 0 Å². The molecule has 30 heavy (non-hydrogen) atoms. The zero-order chi connectivity index (χ0) is 20.7. The number of benzene rings is 4. The summed E-state index contributed by atoms with van der Waals surface area (Å²) in [6.07, 6.45) is 0. The normalized spacial score (nSPS) is 11.2. The van der Waals surface area contributed by atoms with Crippen molar-refractivity contribution in [3.63, 3.8) is 0 Å². The second kappa shape index (κ2) is 9.57. The van der Waals surface area contributed by atoms with Crippen molar-refractivity contribution < 1.29 is 9.16 Å². The van der Waals surface area contributed by atoms with E-state index in [-0.39, 0.29) is 0 Å². The minimum Gasteiger partial charge on any atom is -0.489 e. The molecule has 0 bridgehead atoms. The molecule has 2 nitrogen and oxygen atoms in total. The van der Waals surface area contributed by atoms with E-state index in [1.165, 1.54) is 10.4 Å². The molecule has 0 saturated heterocycles. The first-order valence-electron chi connectivity index (χ1n) is 10.2. The molecule has 0 heterocycles. The lowest BCUT2D eigenvalue weighted by molar-refractivity contribution is 0.296. The van der Waals surface area contributed by atoms with E-state index in [2.05, 4.69) is 91.5 Å². The predicted molar refractivity (Wildman–Crippen MR) is 126 cm³/mol. The van der Waals surface area contributed by atoms with Crippen LogP contribution in [0.3, 0.4) is 0 Å². The molecule has 3 heteroatoms. The summed E-state index contributed by atoms with van der Waals surface area (Å²) < 4.78 is 12.7. The number of hydrogen-bond donors (Lipinski definition) is 0. The van der Waals surface area contributed by atoms with Crippen LogP contribution < -0.4 is 15.1 Å². The molecular formula is C27H26O2Si. The fourth-order valence-corrected chi connectivity index (χ4v) is 6.32. The van der Waals surface area contributed by atoms with Crippen molar-refractivity contribution in [3.05, 3.63) is 126 Å². The molecule has 0 aliphatic rings. The second-order valence-corrected chi connectivity index (χ2v) is 11.0.